The van der Waals surface area contributed by atoms with Crippen LogP contribution in [0.5, 0.6) is 0 Å². The molecule has 3 nitrogen and oxygen atoms in total. The highest BCUT2D eigenvalue weighted by Crippen LogP contribution is 2.29. The van der Waals surface area contributed by atoms with Crippen LogP contribution in [0.2, 0.25) is 0 Å². The van der Waals surface area contributed by atoms with E-state index in [1.54, 1.807) is 13.0 Å². The number of anilines is 1. The monoisotopic (exact) mass is 237 g/mol. The molecule has 0 aliphatic heterocycles. The molecule has 0 bridgehead atoms. The summed E-state index contributed by atoms with van der Waals surface area (Å²) in [6.07, 6.45) is 0. The van der Waals surface area contributed by atoms with Gasteiger partial charge in [0.2, 0.25) is 0 Å². The summed E-state index contributed by atoms with van der Waals surface area (Å²) in [6.45, 7) is 4.51. The fourth-order valence-corrected chi connectivity index (χ4v) is 2.05. The molecule has 0 saturated carbocycles. The second kappa shape index (κ2) is 4.57. The molecule has 0 amide bonds. The highest BCUT2D eigenvalue weighted by Gasteiger charge is 2.13. The molecule has 0 unspecified atom stereocenters. The fraction of sp³-hybridized carbons (Fsp3) is 0.273. The van der Waals surface area contributed by atoms with Crippen molar-refractivity contribution in [2.24, 2.45) is 0 Å². The van der Waals surface area contributed by atoms with Crippen molar-refractivity contribution in [3.63, 3.8) is 0 Å². The summed E-state index contributed by atoms with van der Waals surface area (Å²) < 4.78 is 21.8. The van der Waals surface area contributed by atoms with Crippen LogP contribution in [0, 0.1) is 12.7 Å². The van der Waals surface area contributed by atoms with E-state index in [2.05, 4.69) is 14.1 Å². The zero-order chi connectivity index (χ0) is 11.5. The Kier molecular flexibility index (Phi) is 3.14. The van der Waals surface area contributed by atoms with Gasteiger partial charge in [-0.1, -0.05) is 12.1 Å². The van der Waals surface area contributed by atoms with Gasteiger partial charge in [-0.25, -0.2) is 4.39 Å². The first-order valence-electron chi connectivity index (χ1n) is 5.06. The SMILES string of the molecule is CCNc1nsnc1-c1cccc(F)c1C. The van der Waals surface area contributed by atoms with Crippen molar-refractivity contribution in [3.05, 3.63) is 29.6 Å². The summed E-state index contributed by atoms with van der Waals surface area (Å²) in [5.74, 6) is 0.508. The second-order valence-corrected chi connectivity index (χ2v) is 3.93. The van der Waals surface area contributed by atoms with Gasteiger partial charge in [-0.05, 0) is 25.5 Å². The van der Waals surface area contributed by atoms with Crippen LogP contribution >= 0.6 is 11.7 Å². The highest BCUT2D eigenvalue weighted by molar-refractivity contribution is 6.99. The molecule has 0 radical (unpaired) electrons. The van der Waals surface area contributed by atoms with Crippen molar-refractivity contribution in [2.45, 2.75) is 13.8 Å². The molecule has 2 aromatic rings. The maximum Gasteiger partial charge on any atom is 0.168 e. The van der Waals surface area contributed by atoms with Gasteiger partial charge in [0.25, 0.3) is 0 Å². The predicted octanol–water partition coefficient (Wildman–Crippen LogP) is 3.08. The van der Waals surface area contributed by atoms with E-state index in [9.17, 15) is 4.39 Å². The van der Waals surface area contributed by atoms with Crippen LogP contribution in [0.15, 0.2) is 18.2 Å². The van der Waals surface area contributed by atoms with E-state index in [0.29, 0.717) is 5.56 Å². The van der Waals surface area contributed by atoms with Gasteiger partial charge in [0.15, 0.2) is 5.82 Å². The minimum Gasteiger partial charge on any atom is -0.368 e. The minimum atomic E-state index is -0.215. The molecule has 0 spiro atoms. The quantitative estimate of drug-likeness (QED) is 0.891. The molecule has 0 aliphatic carbocycles. The number of hydrogen-bond donors (Lipinski definition) is 1. The molecule has 0 saturated heterocycles. The summed E-state index contributed by atoms with van der Waals surface area (Å²) in [4.78, 5) is 0. The van der Waals surface area contributed by atoms with Crippen molar-refractivity contribution >= 4 is 17.5 Å². The number of benzene rings is 1. The molecule has 0 aliphatic rings. The Morgan fingerprint density at radius 1 is 1.38 bits per heavy atom. The lowest BCUT2D eigenvalue weighted by Crippen LogP contribution is -1.99. The zero-order valence-electron chi connectivity index (χ0n) is 9.12. The molecule has 1 heterocycles. The van der Waals surface area contributed by atoms with Crippen molar-refractivity contribution in [1.29, 1.82) is 0 Å². The van der Waals surface area contributed by atoms with Gasteiger partial charge in [0.05, 0.1) is 11.7 Å². The Labute approximate surface area is 97.7 Å². The molecule has 1 N–H and O–H groups in total. The van der Waals surface area contributed by atoms with Crippen molar-refractivity contribution in [3.8, 4) is 11.3 Å². The molecule has 16 heavy (non-hydrogen) atoms. The van der Waals surface area contributed by atoms with Crippen LogP contribution in [0.25, 0.3) is 11.3 Å². The molecule has 1 aromatic carbocycles. The average Bonchev–Trinajstić information content (AvgIpc) is 2.71. The summed E-state index contributed by atoms with van der Waals surface area (Å²) in [5, 5.41) is 3.12. The van der Waals surface area contributed by atoms with Gasteiger partial charge in [0, 0.05) is 12.1 Å². The van der Waals surface area contributed by atoms with Crippen molar-refractivity contribution in [2.75, 3.05) is 11.9 Å². The van der Waals surface area contributed by atoms with Gasteiger partial charge >= 0.3 is 0 Å². The fourth-order valence-electron chi connectivity index (χ4n) is 1.51. The second-order valence-electron chi connectivity index (χ2n) is 3.40. The highest BCUT2D eigenvalue weighted by atomic mass is 32.1. The minimum absolute atomic E-state index is 0.215. The van der Waals surface area contributed by atoms with Gasteiger partial charge in [-0.15, -0.1) is 0 Å². The predicted molar refractivity (Wildman–Crippen MR) is 64.2 cm³/mol. The van der Waals surface area contributed by atoms with E-state index in [1.807, 2.05) is 13.0 Å². The molecule has 0 atom stereocenters. The lowest BCUT2D eigenvalue weighted by atomic mass is 10.1. The largest absolute Gasteiger partial charge is 0.368 e. The van der Waals surface area contributed by atoms with Crippen LogP contribution < -0.4 is 5.32 Å². The first-order chi connectivity index (χ1) is 7.74. The Balaban J connectivity index is 2.50. The lowest BCUT2D eigenvalue weighted by molar-refractivity contribution is 0.619. The first kappa shape index (κ1) is 11.0. The van der Waals surface area contributed by atoms with Crippen LogP contribution in [0.1, 0.15) is 12.5 Å². The Bertz CT molecular complexity index is 496. The van der Waals surface area contributed by atoms with E-state index < -0.39 is 0 Å². The molecule has 0 fully saturated rings. The normalized spacial score (nSPS) is 10.4. The van der Waals surface area contributed by atoms with Crippen LogP contribution in [0.4, 0.5) is 10.2 Å². The smallest absolute Gasteiger partial charge is 0.168 e. The average molecular weight is 237 g/mol. The summed E-state index contributed by atoms with van der Waals surface area (Å²) in [6, 6.07) is 4.99. The van der Waals surface area contributed by atoms with E-state index in [4.69, 9.17) is 0 Å². The van der Waals surface area contributed by atoms with Gasteiger partial charge in [-0.2, -0.15) is 8.75 Å². The van der Waals surface area contributed by atoms with Gasteiger partial charge in [0.1, 0.15) is 11.5 Å². The third-order valence-corrected chi connectivity index (χ3v) is 2.88. The number of nitrogens with zero attached hydrogens (tertiary/aromatic N) is 2. The van der Waals surface area contributed by atoms with E-state index in [-0.39, 0.29) is 5.82 Å². The maximum atomic E-state index is 13.4. The standard InChI is InChI=1S/C11H12FN3S/c1-3-13-11-10(14-16-15-11)8-5-4-6-9(12)7(8)2/h4-6H,3H2,1-2H3,(H,13,15). The Morgan fingerprint density at radius 2 is 2.19 bits per heavy atom. The van der Waals surface area contributed by atoms with E-state index >= 15 is 0 Å². The number of nitrogens with one attached hydrogen (secondary N) is 1. The van der Waals surface area contributed by atoms with E-state index in [0.717, 1.165) is 35.3 Å². The lowest BCUT2D eigenvalue weighted by Gasteiger charge is -2.06. The first-order valence-corrected chi connectivity index (χ1v) is 5.79. The maximum absolute atomic E-state index is 13.4. The summed E-state index contributed by atoms with van der Waals surface area (Å²) in [7, 11) is 0. The molecular weight excluding hydrogens is 225 g/mol. The van der Waals surface area contributed by atoms with Crippen LogP contribution in [0.3, 0.4) is 0 Å². The Morgan fingerprint density at radius 3 is 2.94 bits per heavy atom. The molecule has 84 valence electrons. The van der Waals surface area contributed by atoms with Crippen molar-refractivity contribution in [1.82, 2.24) is 8.75 Å². The van der Waals surface area contributed by atoms with E-state index in [1.165, 1.54) is 6.07 Å². The number of rotatable bonds is 3. The zero-order valence-corrected chi connectivity index (χ0v) is 9.94. The number of hydrogen-bond acceptors (Lipinski definition) is 4. The van der Waals surface area contributed by atoms with Crippen LogP contribution in [-0.2, 0) is 0 Å². The number of halogens is 1. The van der Waals surface area contributed by atoms with Crippen LogP contribution in [-0.4, -0.2) is 15.3 Å². The molecule has 1 aromatic heterocycles. The third kappa shape index (κ3) is 1.90. The summed E-state index contributed by atoms with van der Waals surface area (Å²) >= 11 is 1.13. The molecule has 5 heteroatoms. The summed E-state index contributed by atoms with van der Waals surface area (Å²) in [5.41, 5.74) is 2.13. The molecule has 2 rings (SSSR count). The van der Waals surface area contributed by atoms with Gasteiger partial charge in [-0.3, -0.25) is 0 Å². The number of aromatic nitrogens is 2. The molecular formula is C11H12FN3S. The van der Waals surface area contributed by atoms with Gasteiger partial charge < -0.3 is 5.32 Å². The van der Waals surface area contributed by atoms with Crippen molar-refractivity contribution < 1.29 is 4.39 Å². The topological polar surface area (TPSA) is 37.8 Å². The third-order valence-electron chi connectivity index (χ3n) is 2.36. The Hall–Kier alpha value is -1.49.